The standard InChI is InChI=1S/C4H11F3O3Si2/c1-11-10-12(8,9)3-2-4(5,6)7/h8-9H,2-3,11H2,1H3. The topological polar surface area (TPSA) is 49.7 Å². The normalized spacial score (nSPS) is 14.5. The molecule has 0 aromatic carbocycles. The molecule has 0 atom stereocenters. The van der Waals surface area contributed by atoms with Crippen LogP contribution in [0.3, 0.4) is 0 Å². The Morgan fingerprint density at radius 1 is 1.42 bits per heavy atom. The summed E-state index contributed by atoms with van der Waals surface area (Å²) in [7, 11) is -5.03. The van der Waals surface area contributed by atoms with E-state index in [4.69, 9.17) is 9.59 Å². The van der Waals surface area contributed by atoms with Crippen LogP contribution in [0.4, 0.5) is 13.2 Å². The second kappa shape index (κ2) is 4.37. The van der Waals surface area contributed by atoms with Crippen LogP contribution in [-0.4, -0.2) is 34.3 Å². The molecule has 0 radical (unpaired) electrons. The molecule has 0 aliphatic heterocycles. The van der Waals surface area contributed by atoms with Gasteiger partial charge in [-0.15, -0.1) is 0 Å². The first-order chi connectivity index (χ1) is 5.27. The molecule has 0 aromatic rings. The summed E-state index contributed by atoms with van der Waals surface area (Å²) in [5.74, 6) is 0. The molecule has 0 unspecified atom stereocenters. The summed E-state index contributed by atoms with van der Waals surface area (Å²) in [5, 5.41) is 0. The lowest BCUT2D eigenvalue weighted by atomic mass is 10.5. The third kappa shape index (κ3) is 6.79. The number of halogens is 3. The fourth-order valence-electron chi connectivity index (χ4n) is 0.608. The van der Waals surface area contributed by atoms with Crippen molar-refractivity contribution in [3.8, 4) is 0 Å². The predicted octanol–water partition coefficient (Wildman–Crippen LogP) is 0.0108. The van der Waals surface area contributed by atoms with E-state index in [1.165, 1.54) is 0 Å². The van der Waals surface area contributed by atoms with E-state index in [2.05, 4.69) is 4.12 Å². The van der Waals surface area contributed by atoms with E-state index in [9.17, 15) is 13.2 Å². The number of rotatable bonds is 4. The highest BCUT2D eigenvalue weighted by molar-refractivity contribution is 6.63. The average Bonchev–Trinajstić information content (AvgIpc) is 1.83. The molecule has 74 valence electrons. The van der Waals surface area contributed by atoms with Crippen LogP contribution in [0.1, 0.15) is 6.42 Å². The Labute approximate surface area is 71.5 Å². The highest BCUT2D eigenvalue weighted by Gasteiger charge is 2.37. The Morgan fingerprint density at radius 3 is 2.25 bits per heavy atom. The summed E-state index contributed by atoms with van der Waals surface area (Å²) >= 11 is 0. The number of alkyl halides is 3. The van der Waals surface area contributed by atoms with Crippen molar-refractivity contribution in [1.82, 2.24) is 0 Å². The third-order valence-electron chi connectivity index (χ3n) is 1.11. The molecule has 0 aliphatic rings. The first-order valence-electron chi connectivity index (χ1n) is 3.42. The van der Waals surface area contributed by atoms with Gasteiger partial charge in [0.05, 0.1) is 0 Å². The van der Waals surface area contributed by atoms with Gasteiger partial charge in [0.2, 0.25) is 0 Å². The maximum Gasteiger partial charge on any atom is 0.484 e. The molecular formula is C4H11F3O3Si2. The van der Waals surface area contributed by atoms with Crippen LogP contribution >= 0.6 is 0 Å². The van der Waals surface area contributed by atoms with Crippen LogP contribution in [-0.2, 0) is 4.12 Å². The van der Waals surface area contributed by atoms with Gasteiger partial charge in [-0.25, -0.2) is 0 Å². The van der Waals surface area contributed by atoms with Crippen LogP contribution in [0, 0.1) is 0 Å². The molecule has 8 heteroatoms. The molecular weight excluding hydrogens is 209 g/mol. The minimum Gasteiger partial charge on any atom is -0.422 e. The maximum atomic E-state index is 11.6. The zero-order valence-corrected chi connectivity index (χ0v) is 8.97. The first kappa shape index (κ1) is 12.1. The molecule has 0 fully saturated rings. The molecule has 0 rings (SSSR count). The molecule has 0 bridgehead atoms. The smallest absolute Gasteiger partial charge is 0.422 e. The van der Waals surface area contributed by atoms with Crippen LogP contribution in [0.25, 0.3) is 0 Å². The van der Waals surface area contributed by atoms with Crippen molar-refractivity contribution in [2.45, 2.75) is 25.2 Å². The summed E-state index contributed by atoms with van der Waals surface area (Å²) in [6.45, 7) is 1.63. The summed E-state index contributed by atoms with van der Waals surface area (Å²) in [4.78, 5) is 17.8. The van der Waals surface area contributed by atoms with E-state index >= 15 is 0 Å². The fourth-order valence-corrected chi connectivity index (χ4v) is 3.64. The van der Waals surface area contributed by atoms with Gasteiger partial charge >= 0.3 is 15.0 Å². The van der Waals surface area contributed by atoms with Gasteiger partial charge in [0.1, 0.15) is 9.76 Å². The summed E-state index contributed by atoms with van der Waals surface area (Å²) < 4.78 is 39.3. The van der Waals surface area contributed by atoms with Gasteiger partial charge in [0.25, 0.3) is 0 Å². The van der Waals surface area contributed by atoms with E-state index in [0.29, 0.717) is 0 Å². The maximum absolute atomic E-state index is 11.6. The lowest BCUT2D eigenvalue weighted by Crippen LogP contribution is -2.40. The van der Waals surface area contributed by atoms with Gasteiger partial charge in [-0.2, -0.15) is 13.2 Å². The van der Waals surface area contributed by atoms with Crippen molar-refractivity contribution in [1.29, 1.82) is 0 Å². The van der Waals surface area contributed by atoms with Gasteiger partial charge in [-0.05, 0) is 0 Å². The first-order valence-corrected chi connectivity index (χ1v) is 7.42. The van der Waals surface area contributed by atoms with Crippen LogP contribution in [0.15, 0.2) is 0 Å². The van der Waals surface area contributed by atoms with Crippen LogP contribution < -0.4 is 0 Å². The van der Waals surface area contributed by atoms with Gasteiger partial charge in [0, 0.05) is 12.5 Å². The average molecular weight is 220 g/mol. The molecule has 3 nitrogen and oxygen atoms in total. The number of hydrogen-bond donors (Lipinski definition) is 2. The molecule has 0 amide bonds. The Kier molecular flexibility index (Phi) is 4.41. The molecule has 0 spiro atoms. The van der Waals surface area contributed by atoms with Gasteiger partial charge < -0.3 is 13.7 Å². The SMILES string of the molecule is C[SiH2]O[Si](O)(O)CCC(F)(F)F. The van der Waals surface area contributed by atoms with Crippen molar-refractivity contribution < 1.29 is 26.9 Å². The Bertz CT molecular complexity index is 138. The summed E-state index contributed by atoms with van der Waals surface area (Å²) in [6, 6.07) is -0.697. The van der Waals surface area contributed by atoms with Crippen LogP contribution in [0.5, 0.6) is 0 Å². The van der Waals surface area contributed by atoms with E-state index < -0.39 is 37.2 Å². The minimum atomic E-state index is -4.34. The predicted molar refractivity (Wildman–Crippen MR) is 41.2 cm³/mol. The molecule has 12 heavy (non-hydrogen) atoms. The van der Waals surface area contributed by atoms with Crippen molar-refractivity contribution in [3.63, 3.8) is 0 Å². The lowest BCUT2D eigenvalue weighted by Gasteiger charge is -2.17. The van der Waals surface area contributed by atoms with Crippen LogP contribution in [0.2, 0.25) is 12.6 Å². The highest BCUT2D eigenvalue weighted by atomic mass is 28.4. The van der Waals surface area contributed by atoms with Gasteiger partial charge in [-0.1, -0.05) is 6.55 Å². The third-order valence-corrected chi connectivity index (χ3v) is 5.01. The van der Waals surface area contributed by atoms with E-state index in [1.54, 1.807) is 6.55 Å². The van der Waals surface area contributed by atoms with Crippen molar-refractivity contribution in [3.05, 3.63) is 0 Å². The quantitative estimate of drug-likeness (QED) is 0.656. The molecule has 0 saturated heterocycles. The molecule has 0 heterocycles. The van der Waals surface area contributed by atoms with Gasteiger partial charge in [-0.3, -0.25) is 0 Å². The van der Waals surface area contributed by atoms with Gasteiger partial charge in [0.15, 0.2) is 0 Å². The van der Waals surface area contributed by atoms with Crippen molar-refractivity contribution in [2.24, 2.45) is 0 Å². The zero-order valence-electron chi connectivity index (χ0n) is 6.56. The Balaban J connectivity index is 3.75. The largest absolute Gasteiger partial charge is 0.484 e. The zero-order chi connectivity index (χ0) is 9.83. The lowest BCUT2D eigenvalue weighted by molar-refractivity contribution is -0.132. The molecule has 0 aromatic heterocycles. The fraction of sp³-hybridized carbons (Fsp3) is 1.00. The van der Waals surface area contributed by atoms with Crippen molar-refractivity contribution in [2.75, 3.05) is 0 Å². The van der Waals surface area contributed by atoms with E-state index in [0.717, 1.165) is 0 Å². The molecule has 2 N–H and O–H groups in total. The Morgan fingerprint density at radius 2 is 1.92 bits per heavy atom. The summed E-state index contributed by atoms with van der Waals surface area (Å²) in [6.07, 6.45) is -5.54. The van der Waals surface area contributed by atoms with E-state index in [1.807, 2.05) is 0 Å². The monoisotopic (exact) mass is 220 g/mol. The van der Waals surface area contributed by atoms with E-state index in [-0.39, 0.29) is 0 Å². The summed E-state index contributed by atoms with van der Waals surface area (Å²) in [5.41, 5.74) is 0. The van der Waals surface area contributed by atoms with Crippen molar-refractivity contribution >= 4 is 18.6 Å². The second-order valence-electron chi connectivity index (χ2n) is 2.29. The highest BCUT2D eigenvalue weighted by Crippen LogP contribution is 2.24. The molecule has 0 saturated carbocycles. The minimum absolute atomic E-state index is 0.697. The second-order valence-corrected chi connectivity index (χ2v) is 6.01. The Hall–Kier alpha value is 0.104. The number of hydrogen-bond acceptors (Lipinski definition) is 3. The molecule has 0 aliphatic carbocycles.